The zero-order chi connectivity index (χ0) is 16.7. The van der Waals surface area contributed by atoms with Crippen molar-refractivity contribution in [3.63, 3.8) is 0 Å². The van der Waals surface area contributed by atoms with Gasteiger partial charge in [0, 0.05) is 23.6 Å². The normalized spacial score (nSPS) is 10.7. The van der Waals surface area contributed by atoms with Gasteiger partial charge in [0.25, 0.3) is 5.91 Å². The molecule has 2 N–H and O–H groups in total. The molecule has 0 aliphatic heterocycles. The smallest absolute Gasteiger partial charge is 0.310 e. The molecule has 1 amide bonds. The minimum atomic E-state index is -0.496. The lowest BCUT2D eigenvalue weighted by molar-refractivity contribution is -0.147. The highest BCUT2D eigenvalue weighted by Gasteiger charge is 2.13. The lowest BCUT2D eigenvalue weighted by Gasteiger charge is -2.06. The SMILES string of the molecule is CCCCCNC(=O)COC(=O)Cc1coc2cc(O)ccc12. The van der Waals surface area contributed by atoms with E-state index in [1.54, 1.807) is 6.07 Å². The number of benzene rings is 1. The summed E-state index contributed by atoms with van der Waals surface area (Å²) in [6, 6.07) is 4.68. The van der Waals surface area contributed by atoms with Crippen LogP contribution in [-0.4, -0.2) is 30.1 Å². The van der Waals surface area contributed by atoms with E-state index in [1.165, 1.54) is 18.4 Å². The molecule has 0 saturated carbocycles. The molecule has 1 heterocycles. The Morgan fingerprint density at radius 3 is 2.91 bits per heavy atom. The Hall–Kier alpha value is -2.50. The molecule has 0 saturated heterocycles. The number of aromatic hydroxyl groups is 1. The Kier molecular flexibility index (Phi) is 6.02. The topological polar surface area (TPSA) is 88.8 Å². The van der Waals surface area contributed by atoms with E-state index in [0.717, 1.165) is 24.6 Å². The Morgan fingerprint density at radius 2 is 2.13 bits per heavy atom. The average molecular weight is 319 g/mol. The maximum atomic E-state index is 11.8. The first-order chi connectivity index (χ1) is 11.1. The molecule has 6 nitrogen and oxygen atoms in total. The van der Waals surface area contributed by atoms with Gasteiger partial charge >= 0.3 is 5.97 Å². The number of hydrogen-bond donors (Lipinski definition) is 2. The fourth-order valence-electron chi connectivity index (χ4n) is 2.22. The summed E-state index contributed by atoms with van der Waals surface area (Å²) in [7, 11) is 0. The number of furan rings is 1. The second-order valence-corrected chi connectivity index (χ2v) is 5.34. The predicted octanol–water partition coefficient (Wildman–Crippen LogP) is 2.53. The van der Waals surface area contributed by atoms with Crippen molar-refractivity contribution in [1.82, 2.24) is 5.32 Å². The molecule has 0 aliphatic rings. The number of phenols is 1. The standard InChI is InChI=1S/C17H21NO5/c1-2-3-4-7-18-16(20)11-23-17(21)8-12-10-22-15-9-13(19)5-6-14(12)15/h5-6,9-10,19H,2-4,7-8,11H2,1H3,(H,18,20). The van der Waals surface area contributed by atoms with Gasteiger partial charge in [0.15, 0.2) is 6.61 Å². The molecular weight excluding hydrogens is 298 g/mol. The monoisotopic (exact) mass is 319 g/mol. The van der Waals surface area contributed by atoms with Gasteiger partial charge in [-0.25, -0.2) is 0 Å². The van der Waals surface area contributed by atoms with Gasteiger partial charge in [0.05, 0.1) is 12.7 Å². The number of unbranched alkanes of at least 4 members (excludes halogenated alkanes) is 2. The van der Waals surface area contributed by atoms with Crippen LogP contribution in [0, 0.1) is 0 Å². The third-order valence-electron chi connectivity index (χ3n) is 3.44. The number of esters is 1. The molecule has 1 aromatic heterocycles. The van der Waals surface area contributed by atoms with Crippen LogP contribution in [0.2, 0.25) is 0 Å². The minimum Gasteiger partial charge on any atom is -0.508 e. The van der Waals surface area contributed by atoms with Crippen LogP contribution in [0.4, 0.5) is 0 Å². The van der Waals surface area contributed by atoms with Crippen molar-refractivity contribution in [2.45, 2.75) is 32.6 Å². The second-order valence-electron chi connectivity index (χ2n) is 5.34. The maximum Gasteiger partial charge on any atom is 0.310 e. The van der Waals surface area contributed by atoms with Gasteiger partial charge in [-0.15, -0.1) is 0 Å². The lowest BCUT2D eigenvalue weighted by Crippen LogP contribution is -2.29. The van der Waals surface area contributed by atoms with E-state index in [-0.39, 0.29) is 24.7 Å². The largest absolute Gasteiger partial charge is 0.508 e. The zero-order valence-electron chi connectivity index (χ0n) is 13.1. The fourth-order valence-corrected chi connectivity index (χ4v) is 2.22. The lowest BCUT2D eigenvalue weighted by atomic mass is 10.1. The number of ether oxygens (including phenoxy) is 1. The molecule has 0 unspecified atom stereocenters. The number of fused-ring (bicyclic) bond motifs is 1. The summed E-state index contributed by atoms with van der Waals surface area (Å²) in [5.74, 6) is -0.693. The average Bonchev–Trinajstić information content (AvgIpc) is 2.91. The van der Waals surface area contributed by atoms with E-state index in [0.29, 0.717) is 17.7 Å². The van der Waals surface area contributed by atoms with E-state index in [2.05, 4.69) is 12.2 Å². The molecular formula is C17H21NO5. The molecule has 0 atom stereocenters. The van der Waals surface area contributed by atoms with E-state index in [9.17, 15) is 14.7 Å². The molecule has 2 rings (SSSR count). The van der Waals surface area contributed by atoms with Gasteiger partial charge in [-0.05, 0) is 18.6 Å². The third kappa shape index (κ3) is 5.02. The molecule has 0 radical (unpaired) electrons. The van der Waals surface area contributed by atoms with E-state index in [4.69, 9.17) is 9.15 Å². The molecule has 0 bridgehead atoms. The molecule has 1 aromatic carbocycles. The van der Waals surface area contributed by atoms with Gasteiger partial charge in [0.2, 0.25) is 0 Å². The molecule has 0 spiro atoms. The Labute approximate surface area is 134 Å². The second kappa shape index (κ2) is 8.22. The van der Waals surface area contributed by atoms with Crippen LogP contribution in [0.1, 0.15) is 31.7 Å². The number of carbonyl (C=O) groups is 2. The Morgan fingerprint density at radius 1 is 1.30 bits per heavy atom. The first kappa shape index (κ1) is 16.9. The molecule has 23 heavy (non-hydrogen) atoms. The third-order valence-corrected chi connectivity index (χ3v) is 3.44. The van der Waals surface area contributed by atoms with Crippen LogP contribution in [0.5, 0.6) is 5.75 Å². The Bertz CT molecular complexity index is 677. The van der Waals surface area contributed by atoms with Crippen molar-refractivity contribution in [3.05, 3.63) is 30.0 Å². The van der Waals surface area contributed by atoms with Crippen molar-refractivity contribution in [1.29, 1.82) is 0 Å². The molecule has 0 fully saturated rings. The van der Waals surface area contributed by atoms with Crippen molar-refractivity contribution >= 4 is 22.8 Å². The van der Waals surface area contributed by atoms with Gasteiger partial charge in [-0.3, -0.25) is 9.59 Å². The Balaban J connectivity index is 1.79. The highest BCUT2D eigenvalue weighted by Crippen LogP contribution is 2.25. The summed E-state index contributed by atoms with van der Waals surface area (Å²) < 4.78 is 10.3. The highest BCUT2D eigenvalue weighted by molar-refractivity contribution is 5.87. The maximum absolute atomic E-state index is 11.8. The number of amides is 1. The summed E-state index contributed by atoms with van der Waals surface area (Å²) in [5, 5.41) is 12.8. The van der Waals surface area contributed by atoms with Crippen molar-refractivity contribution < 1.29 is 23.8 Å². The van der Waals surface area contributed by atoms with Gasteiger partial charge < -0.3 is 19.6 Å². The summed E-state index contributed by atoms with van der Waals surface area (Å²) >= 11 is 0. The van der Waals surface area contributed by atoms with Gasteiger partial charge in [-0.2, -0.15) is 0 Å². The number of nitrogens with one attached hydrogen (secondary N) is 1. The highest BCUT2D eigenvalue weighted by atomic mass is 16.5. The van der Waals surface area contributed by atoms with Crippen LogP contribution in [0.15, 0.2) is 28.9 Å². The number of rotatable bonds is 8. The van der Waals surface area contributed by atoms with Crippen LogP contribution in [0.3, 0.4) is 0 Å². The van der Waals surface area contributed by atoms with E-state index in [1.807, 2.05) is 0 Å². The van der Waals surface area contributed by atoms with Crippen LogP contribution in [0.25, 0.3) is 11.0 Å². The van der Waals surface area contributed by atoms with E-state index >= 15 is 0 Å². The van der Waals surface area contributed by atoms with Crippen molar-refractivity contribution in [3.8, 4) is 5.75 Å². The molecule has 2 aromatic rings. The number of hydrogen-bond acceptors (Lipinski definition) is 5. The minimum absolute atomic E-state index is 0.0148. The number of phenolic OH excluding ortho intramolecular Hbond substituents is 1. The first-order valence-electron chi connectivity index (χ1n) is 7.71. The molecule has 0 aliphatic carbocycles. The van der Waals surface area contributed by atoms with Crippen LogP contribution < -0.4 is 5.32 Å². The fraction of sp³-hybridized carbons (Fsp3) is 0.412. The van der Waals surface area contributed by atoms with E-state index < -0.39 is 5.97 Å². The quantitative estimate of drug-likeness (QED) is 0.576. The first-order valence-corrected chi connectivity index (χ1v) is 7.71. The summed E-state index contributed by atoms with van der Waals surface area (Å²) in [6.45, 7) is 2.41. The summed E-state index contributed by atoms with van der Waals surface area (Å²) in [6.07, 6.45) is 4.53. The van der Waals surface area contributed by atoms with Gasteiger partial charge in [0.1, 0.15) is 11.3 Å². The number of carbonyl (C=O) groups excluding carboxylic acids is 2. The van der Waals surface area contributed by atoms with Crippen molar-refractivity contribution in [2.24, 2.45) is 0 Å². The van der Waals surface area contributed by atoms with Crippen LogP contribution >= 0.6 is 0 Å². The molecule has 124 valence electrons. The van der Waals surface area contributed by atoms with Crippen molar-refractivity contribution in [2.75, 3.05) is 13.2 Å². The summed E-state index contributed by atoms with van der Waals surface area (Å²) in [4.78, 5) is 23.3. The predicted molar refractivity (Wildman–Crippen MR) is 85.1 cm³/mol. The van der Waals surface area contributed by atoms with Crippen LogP contribution in [-0.2, 0) is 20.7 Å². The zero-order valence-corrected chi connectivity index (χ0v) is 13.1. The summed E-state index contributed by atoms with van der Waals surface area (Å²) in [5.41, 5.74) is 1.16. The molecule has 6 heteroatoms. The van der Waals surface area contributed by atoms with Gasteiger partial charge in [-0.1, -0.05) is 19.8 Å².